The van der Waals surface area contributed by atoms with E-state index in [1.54, 1.807) is 18.2 Å². The minimum atomic E-state index is -0.0130. The molecule has 0 bridgehead atoms. The lowest BCUT2D eigenvalue weighted by Gasteiger charge is -2.13. The molecule has 78 valence electrons. The quantitative estimate of drug-likeness (QED) is 0.708. The van der Waals surface area contributed by atoms with Gasteiger partial charge in [-0.2, -0.15) is 0 Å². The molecule has 0 aliphatic rings. The molecule has 0 N–H and O–H groups in total. The van der Waals surface area contributed by atoms with Crippen molar-refractivity contribution in [2.45, 2.75) is 20.0 Å². The van der Waals surface area contributed by atoms with E-state index in [0.29, 0.717) is 24.2 Å². The highest BCUT2D eigenvalue weighted by Crippen LogP contribution is 2.12. The molecule has 3 nitrogen and oxygen atoms in total. The number of pyridine rings is 1. The summed E-state index contributed by atoms with van der Waals surface area (Å²) in [6, 6.07) is 5.29. The standard InChI is InChI=1S/C10H14ClNO2/c1-3-13-7-8(2)14-10-6-4-5-9(11)12-10/h4-6,8H,3,7H2,1-2H3. The lowest BCUT2D eigenvalue weighted by Crippen LogP contribution is -2.19. The Morgan fingerprint density at radius 1 is 1.50 bits per heavy atom. The van der Waals surface area contributed by atoms with Crippen molar-refractivity contribution < 1.29 is 9.47 Å². The van der Waals surface area contributed by atoms with E-state index < -0.39 is 0 Å². The molecule has 0 fully saturated rings. The number of hydrogen-bond donors (Lipinski definition) is 0. The van der Waals surface area contributed by atoms with E-state index in [1.807, 2.05) is 13.8 Å². The molecule has 1 aromatic heterocycles. The smallest absolute Gasteiger partial charge is 0.214 e. The molecule has 1 aromatic rings. The summed E-state index contributed by atoms with van der Waals surface area (Å²) in [5.41, 5.74) is 0. The van der Waals surface area contributed by atoms with Gasteiger partial charge in [0.15, 0.2) is 0 Å². The first kappa shape index (κ1) is 11.3. The lowest BCUT2D eigenvalue weighted by atomic mass is 10.4. The summed E-state index contributed by atoms with van der Waals surface area (Å²) in [5, 5.41) is 0.436. The van der Waals surface area contributed by atoms with Gasteiger partial charge in [0.2, 0.25) is 5.88 Å². The number of hydrogen-bond acceptors (Lipinski definition) is 3. The summed E-state index contributed by atoms with van der Waals surface area (Å²) in [6.45, 7) is 5.13. The fourth-order valence-electron chi connectivity index (χ4n) is 0.979. The Morgan fingerprint density at radius 3 is 2.93 bits per heavy atom. The van der Waals surface area contributed by atoms with Gasteiger partial charge in [0.05, 0.1) is 6.61 Å². The Hall–Kier alpha value is -0.800. The highest BCUT2D eigenvalue weighted by atomic mass is 35.5. The summed E-state index contributed by atoms with van der Waals surface area (Å²) in [4.78, 5) is 4.01. The third-order valence-corrected chi connectivity index (χ3v) is 1.78. The second-order valence-corrected chi connectivity index (χ2v) is 3.27. The zero-order valence-corrected chi connectivity index (χ0v) is 9.12. The monoisotopic (exact) mass is 215 g/mol. The molecule has 0 aliphatic heterocycles. The largest absolute Gasteiger partial charge is 0.472 e. The van der Waals surface area contributed by atoms with Crippen molar-refractivity contribution >= 4 is 11.6 Å². The first-order valence-corrected chi connectivity index (χ1v) is 4.97. The van der Waals surface area contributed by atoms with Crippen LogP contribution in [0.1, 0.15) is 13.8 Å². The van der Waals surface area contributed by atoms with Crippen molar-refractivity contribution in [3.63, 3.8) is 0 Å². The lowest BCUT2D eigenvalue weighted by molar-refractivity contribution is 0.0634. The van der Waals surface area contributed by atoms with Crippen LogP contribution in [0.2, 0.25) is 5.15 Å². The van der Waals surface area contributed by atoms with Crippen LogP contribution in [0.5, 0.6) is 5.88 Å². The van der Waals surface area contributed by atoms with Gasteiger partial charge in [-0.15, -0.1) is 0 Å². The van der Waals surface area contributed by atoms with Crippen molar-refractivity contribution in [1.29, 1.82) is 0 Å². The minimum Gasteiger partial charge on any atom is -0.472 e. The van der Waals surface area contributed by atoms with Gasteiger partial charge >= 0.3 is 0 Å². The normalized spacial score (nSPS) is 12.5. The third kappa shape index (κ3) is 3.94. The van der Waals surface area contributed by atoms with E-state index in [-0.39, 0.29) is 6.10 Å². The van der Waals surface area contributed by atoms with Crippen LogP contribution in [-0.4, -0.2) is 24.3 Å². The topological polar surface area (TPSA) is 31.4 Å². The van der Waals surface area contributed by atoms with Gasteiger partial charge in [0.1, 0.15) is 11.3 Å². The maximum absolute atomic E-state index is 5.71. The second-order valence-electron chi connectivity index (χ2n) is 2.89. The molecule has 0 radical (unpaired) electrons. The first-order valence-electron chi connectivity index (χ1n) is 4.59. The highest BCUT2D eigenvalue weighted by Gasteiger charge is 2.04. The fraction of sp³-hybridized carbons (Fsp3) is 0.500. The maximum atomic E-state index is 5.71. The summed E-state index contributed by atoms with van der Waals surface area (Å²) in [6.07, 6.45) is -0.0130. The summed E-state index contributed by atoms with van der Waals surface area (Å²) in [7, 11) is 0. The van der Waals surface area contributed by atoms with Gasteiger partial charge in [-0.25, -0.2) is 4.98 Å². The predicted octanol–water partition coefficient (Wildman–Crippen LogP) is 2.54. The van der Waals surface area contributed by atoms with Crippen LogP contribution < -0.4 is 4.74 Å². The van der Waals surface area contributed by atoms with Crippen LogP contribution in [-0.2, 0) is 4.74 Å². The van der Waals surface area contributed by atoms with Crippen LogP contribution in [0.3, 0.4) is 0 Å². The highest BCUT2D eigenvalue weighted by molar-refractivity contribution is 6.29. The first-order chi connectivity index (χ1) is 6.72. The van der Waals surface area contributed by atoms with E-state index >= 15 is 0 Å². The van der Waals surface area contributed by atoms with E-state index in [1.165, 1.54) is 0 Å². The Bertz CT molecular complexity index is 281. The van der Waals surface area contributed by atoms with Gasteiger partial charge in [-0.05, 0) is 19.9 Å². The molecule has 1 rings (SSSR count). The summed E-state index contributed by atoms with van der Waals surface area (Å²) < 4.78 is 10.7. The number of aromatic nitrogens is 1. The number of nitrogens with zero attached hydrogens (tertiary/aromatic N) is 1. The zero-order chi connectivity index (χ0) is 10.4. The predicted molar refractivity (Wildman–Crippen MR) is 55.8 cm³/mol. The molecule has 1 heterocycles. The molecule has 14 heavy (non-hydrogen) atoms. The van der Waals surface area contributed by atoms with E-state index in [4.69, 9.17) is 21.1 Å². The van der Waals surface area contributed by atoms with Crippen molar-refractivity contribution in [2.75, 3.05) is 13.2 Å². The molecule has 1 unspecified atom stereocenters. The Balaban J connectivity index is 2.43. The number of halogens is 1. The van der Waals surface area contributed by atoms with Crippen molar-refractivity contribution in [3.05, 3.63) is 23.4 Å². The zero-order valence-electron chi connectivity index (χ0n) is 8.37. The number of ether oxygens (including phenoxy) is 2. The molecule has 0 spiro atoms. The van der Waals surface area contributed by atoms with E-state index in [0.717, 1.165) is 0 Å². The minimum absolute atomic E-state index is 0.0130. The van der Waals surface area contributed by atoms with E-state index in [2.05, 4.69) is 4.98 Å². The molecule has 0 aliphatic carbocycles. The molecule has 0 saturated carbocycles. The SMILES string of the molecule is CCOCC(C)Oc1cccc(Cl)n1. The van der Waals surface area contributed by atoms with Crippen molar-refractivity contribution in [1.82, 2.24) is 4.98 Å². The fourth-order valence-corrected chi connectivity index (χ4v) is 1.14. The van der Waals surface area contributed by atoms with Crippen molar-refractivity contribution in [3.8, 4) is 5.88 Å². The van der Waals surface area contributed by atoms with Gasteiger partial charge in [-0.1, -0.05) is 17.7 Å². The average Bonchev–Trinajstić information content (AvgIpc) is 2.15. The van der Waals surface area contributed by atoms with Crippen LogP contribution in [0.15, 0.2) is 18.2 Å². The third-order valence-electron chi connectivity index (χ3n) is 1.57. The Kier molecular flexibility index (Phi) is 4.70. The number of rotatable bonds is 5. The van der Waals surface area contributed by atoms with Crippen LogP contribution in [0.25, 0.3) is 0 Å². The van der Waals surface area contributed by atoms with Gasteiger partial charge < -0.3 is 9.47 Å². The Labute approximate surface area is 89.0 Å². The second kappa shape index (κ2) is 5.83. The van der Waals surface area contributed by atoms with Crippen molar-refractivity contribution in [2.24, 2.45) is 0 Å². The average molecular weight is 216 g/mol. The molecular weight excluding hydrogens is 202 g/mol. The molecule has 0 saturated heterocycles. The molecule has 4 heteroatoms. The summed E-state index contributed by atoms with van der Waals surface area (Å²) >= 11 is 5.71. The Morgan fingerprint density at radius 2 is 2.29 bits per heavy atom. The molecular formula is C10H14ClNO2. The molecule has 1 atom stereocenters. The van der Waals surface area contributed by atoms with E-state index in [9.17, 15) is 0 Å². The van der Waals surface area contributed by atoms with Crippen LogP contribution >= 0.6 is 11.6 Å². The molecule has 0 aromatic carbocycles. The van der Waals surface area contributed by atoms with Gasteiger partial charge in [0, 0.05) is 12.7 Å². The van der Waals surface area contributed by atoms with Crippen LogP contribution in [0, 0.1) is 0 Å². The molecule has 0 amide bonds. The van der Waals surface area contributed by atoms with Crippen LogP contribution in [0.4, 0.5) is 0 Å². The van der Waals surface area contributed by atoms with Gasteiger partial charge in [0.25, 0.3) is 0 Å². The van der Waals surface area contributed by atoms with Gasteiger partial charge in [-0.3, -0.25) is 0 Å². The maximum Gasteiger partial charge on any atom is 0.214 e. The summed E-state index contributed by atoms with van der Waals surface area (Å²) in [5.74, 6) is 0.532.